The average molecular weight is 268 g/mol. The number of hydrogen-bond donors (Lipinski definition) is 0. The third-order valence-corrected chi connectivity index (χ3v) is 4.25. The van der Waals surface area contributed by atoms with Gasteiger partial charge in [0, 0.05) is 6.42 Å². The molecule has 2 nitrogen and oxygen atoms in total. The molecule has 0 heterocycles. The van der Waals surface area contributed by atoms with Crippen LogP contribution in [0.2, 0.25) is 0 Å². The molecule has 0 unspecified atom stereocenters. The predicted octanol–water partition coefficient (Wildman–Crippen LogP) is 4.92. The second-order valence-corrected chi connectivity index (χ2v) is 5.51. The van der Waals surface area contributed by atoms with Crippen LogP contribution in [0.5, 0.6) is 0 Å². The number of rotatable bonds is 7. The molecule has 2 heteroatoms. The van der Waals surface area contributed by atoms with Crippen LogP contribution in [0.1, 0.15) is 45.4 Å². The maximum absolute atomic E-state index is 9.58. The topological polar surface area (TPSA) is 47.6 Å². The van der Waals surface area contributed by atoms with Crippen LogP contribution >= 0.6 is 0 Å². The van der Waals surface area contributed by atoms with E-state index in [1.54, 1.807) is 6.08 Å². The van der Waals surface area contributed by atoms with Gasteiger partial charge >= 0.3 is 0 Å². The molecule has 1 aliphatic carbocycles. The van der Waals surface area contributed by atoms with Crippen molar-refractivity contribution < 1.29 is 0 Å². The minimum absolute atomic E-state index is 0.278. The van der Waals surface area contributed by atoms with Crippen molar-refractivity contribution in [2.45, 2.75) is 45.4 Å². The van der Waals surface area contributed by atoms with Gasteiger partial charge in [-0.3, -0.25) is 0 Å². The van der Waals surface area contributed by atoms with Crippen molar-refractivity contribution in [2.75, 3.05) is 0 Å². The van der Waals surface area contributed by atoms with Gasteiger partial charge in [0.1, 0.15) is 0 Å². The lowest BCUT2D eigenvalue weighted by molar-refractivity contribution is 0.337. The van der Waals surface area contributed by atoms with Gasteiger partial charge in [0.2, 0.25) is 0 Å². The summed E-state index contributed by atoms with van der Waals surface area (Å²) < 4.78 is 0. The van der Waals surface area contributed by atoms with Gasteiger partial charge in [-0.2, -0.15) is 10.5 Å². The van der Waals surface area contributed by atoms with Gasteiger partial charge in [0.05, 0.1) is 12.1 Å². The van der Waals surface area contributed by atoms with Gasteiger partial charge in [0.15, 0.2) is 5.41 Å². The molecule has 0 aromatic carbocycles. The molecule has 0 N–H and O–H groups in total. The lowest BCUT2D eigenvalue weighted by Crippen LogP contribution is -2.30. The van der Waals surface area contributed by atoms with Crippen molar-refractivity contribution in [3.63, 3.8) is 0 Å². The van der Waals surface area contributed by atoms with E-state index in [-0.39, 0.29) is 5.92 Å². The molecular formula is C18H24N2. The highest BCUT2D eigenvalue weighted by molar-refractivity contribution is 5.37. The summed E-state index contributed by atoms with van der Waals surface area (Å²) >= 11 is 0. The van der Waals surface area contributed by atoms with E-state index in [0.29, 0.717) is 12.3 Å². The van der Waals surface area contributed by atoms with Crippen LogP contribution in [0.3, 0.4) is 0 Å². The smallest absolute Gasteiger partial charge is 0.168 e. The SMILES string of the molecule is C=CCC(C#N)(C#N)C1=CCCC[C@H]1[C@@H](C=C)CCC. The van der Waals surface area contributed by atoms with Crippen LogP contribution in [0.25, 0.3) is 0 Å². The quantitative estimate of drug-likeness (QED) is 0.615. The molecule has 1 rings (SSSR count). The molecule has 0 bridgehead atoms. The molecule has 0 aromatic rings. The molecule has 2 atom stereocenters. The van der Waals surface area contributed by atoms with Crippen molar-refractivity contribution in [3.8, 4) is 12.1 Å². The van der Waals surface area contributed by atoms with Crippen LogP contribution in [-0.4, -0.2) is 0 Å². The van der Waals surface area contributed by atoms with E-state index >= 15 is 0 Å². The minimum atomic E-state index is -1.04. The summed E-state index contributed by atoms with van der Waals surface area (Å²) in [6.07, 6.45) is 11.5. The van der Waals surface area contributed by atoms with Crippen LogP contribution in [0.4, 0.5) is 0 Å². The summed E-state index contributed by atoms with van der Waals surface area (Å²) in [5.41, 5.74) is -0.0334. The largest absolute Gasteiger partial charge is 0.196 e. The van der Waals surface area contributed by atoms with E-state index in [1.165, 1.54) is 0 Å². The summed E-state index contributed by atoms with van der Waals surface area (Å²) in [5, 5.41) is 19.2. The maximum atomic E-state index is 9.58. The van der Waals surface area contributed by atoms with Gasteiger partial charge < -0.3 is 0 Å². The van der Waals surface area contributed by atoms with E-state index in [9.17, 15) is 10.5 Å². The van der Waals surface area contributed by atoms with Crippen molar-refractivity contribution in [1.82, 2.24) is 0 Å². The first kappa shape index (κ1) is 16.3. The Morgan fingerprint density at radius 2 is 2.15 bits per heavy atom. The van der Waals surface area contributed by atoms with Gasteiger partial charge in [-0.25, -0.2) is 0 Å². The molecule has 0 saturated carbocycles. The highest BCUT2D eigenvalue weighted by Crippen LogP contribution is 2.44. The molecule has 0 saturated heterocycles. The first-order valence-electron chi connectivity index (χ1n) is 7.45. The first-order chi connectivity index (χ1) is 9.68. The van der Waals surface area contributed by atoms with Crippen molar-refractivity contribution in [2.24, 2.45) is 17.3 Å². The van der Waals surface area contributed by atoms with Crippen molar-refractivity contribution in [3.05, 3.63) is 37.0 Å². The first-order valence-corrected chi connectivity index (χ1v) is 7.45. The van der Waals surface area contributed by atoms with E-state index in [2.05, 4.69) is 38.3 Å². The average Bonchev–Trinajstić information content (AvgIpc) is 2.50. The Hall–Kier alpha value is -1.80. The van der Waals surface area contributed by atoms with Crippen LogP contribution in [0.15, 0.2) is 37.0 Å². The molecular weight excluding hydrogens is 244 g/mol. The highest BCUT2D eigenvalue weighted by atomic mass is 14.5. The van der Waals surface area contributed by atoms with E-state index < -0.39 is 5.41 Å². The number of hydrogen-bond acceptors (Lipinski definition) is 2. The second-order valence-electron chi connectivity index (χ2n) is 5.51. The molecule has 0 fully saturated rings. The standard InChI is InChI=1S/C18H24N2/c1-4-9-15(6-3)16-10-7-8-11-17(16)18(13-19,14-20)12-5-2/h5-6,11,15-16H,2-4,7-10,12H2,1H3/t15-,16-/m0/s1. The van der Waals surface area contributed by atoms with Gasteiger partial charge in [-0.15, -0.1) is 13.2 Å². The Kier molecular flexibility index (Phi) is 6.26. The van der Waals surface area contributed by atoms with Crippen LogP contribution in [0, 0.1) is 39.9 Å². The third-order valence-electron chi connectivity index (χ3n) is 4.25. The molecule has 106 valence electrons. The molecule has 0 aromatic heterocycles. The lowest BCUT2D eigenvalue weighted by Gasteiger charge is -2.35. The van der Waals surface area contributed by atoms with E-state index in [1.807, 2.05) is 6.08 Å². The summed E-state index contributed by atoms with van der Waals surface area (Å²) in [6.45, 7) is 9.83. The monoisotopic (exact) mass is 268 g/mol. The fraction of sp³-hybridized carbons (Fsp3) is 0.556. The number of allylic oxidation sites excluding steroid dienone is 4. The van der Waals surface area contributed by atoms with Crippen molar-refractivity contribution >= 4 is 0 Å². The summed E-state index contributed by atoms with van der Waals surface area (Å²) in [6, 6.07) is 4.50. The molecule has 0 aliphatic heterocycles. The zero-order valence-electron chi connectivity index (χ0n) is 12.4. The van der Waals surface area contributed by atoms with Crippen LogP contribution in [-0.2, 0) is 0 Å². The number of nitriles is 2. The predicted molar refractivity (Wildman–Crippen MR) is 82.5 cm³/mol. The molecule has 1 aliphatic rings. The highest BCUT2D eigenvalue weighted by Gasteiger charge is 2.40. The second kappa shape index (κ2) is 7.71. The van der Waals surface area contributed by atoms with Gasteiger partial charge in [-0.05, 0) is 43.1 Å². The summed E-state index contributed by atoms with van der Waals surface area (Å²) in [7, 11) is 0. The minimum Gasteiger partial charge on any atom is -0.196 e. The molecule has 0 amide bonds. The molecule has 0 spiro atoms. The fourth-order valence-electron chi connectivity index (χ4n) is 3.23. The Morgan fingerprint density at radius 1 is 1.45 bits per heavy atom. The Morgan fingerprint density at radius 3 is 2.65 bits per heavy atom. The van der Waals surface area contributed by atoms with E-state index in [4.69, 9.17) is 0 Å². The summed E-state index contributed by atoms with van der Waals surface area (Å²) in [5.74, 6) is 0.637. The zero-order valence-corrected chi connectivity index (χ0v) is 12.4. The van der Waals surface area contributed by atoms with Crippen molar-refractivity contribution in [1.29, 1.82) is 10.5 Å². The fourth-order valence-corrected chi connectivity index (χ4v) is 3.23. The molecule has 20 heavy (non-hydrogen) atoms. The Labute approximate surface area is 123 Å². The van der Waals surface area contributed by atoms with Gasteiger partial charge in [0.25, 0.3) is 0 Å². The maximum Gasteiger partial charge on any atom is 0.168 e. The molecule has 0 radical (unpaired) electrons. The van der Waals surface area contributed by atoms with Gasteiger partial charge in [-0.1, -0.05) is 31.6 Å². The van der Waals surface area contributed by atoms with E-state index in [0.717, 1.165) is 37.7 Å². The Balaban J connectivity index is 3.19. The lowest BCUT2D eigenvalue weighted by atomic mass is 9.66. The summed E-state index contributed by atoms with van der Waals surface area (Å²) in [4.78, 5) is 0. The zero-order chi connectivity index (χ0) is 15.0. The Bertz CT molecular complexity index is 445. The van der Waals surface area contributed by atoms with Crippen LogP contribution < -0.4 is 0 Å². The normalized spacial score (nSPS) is 20.1. The third kappa shape index (κ3) is 3.20. The number of nitrogens with zero attached hydrogens (tertiary/aromatic N) is 2.